The first-order chi connectivity index (χ1) is 9.70. The minimum absolute atomic E-state index is 0.298. The van der Waals surface area contributed by atoms with Crippen molar-refractivity contribution in [1.82, 2.24) is 10.3 Å². The van der Waals surface area contributed by atoms with Crippen LogP contribution in [0.5, 0.6) is 11.5 Å². The zero-order valence-corrected chi connectivity index (χ0v) is 12.4. The number of rotatable bonds is 5. The predicted molar refractivity (Wildman–Crippen MR) is 78.3 cm³/mol. The van der Waals surface area contributed by atoms with Crippen molar-refractivity contribution in [2.75, 3.05) is 0 Å². The molecular weight excluding hydrogens is 323 g/mol. The molecule has 1 fully saturated rings. The van der Waals surface area contributed by atoms with Crippen molar-refractivity contribution in [2.24, 2.45) is 0 Å². The number of halogens is 2. The Morgan fingerprint density at radius 3 is 2.90 bits per heavy atom. The summed E-state index contributed by atoms with van der Waals surface area (Å²) < 4.78 is 19.4. The Morgan fingerprint density at radius 1 is 1.30 bits per heavy atom. The Hall–Kier alpha value is -1.46. The average molecular weight is 337 g/mol. The fourth-order valence-corrected chi connectivity index (χ4v) is 2.27. The van der Waals surface area contributed by atoms with Gasteiger partial charge in [0.15, 0.2) is 0 Å². The monoisotopic (exact) mass is 336 g/mol. The van der Waals surface area contributed by atoms with Gasteiger partial charge < -0.3 is 10.1 Å². The molecule has 104 valence electrons. The molecule has 1 heterocycles. The minimum atomic E-state index is -0.298. The summed E-state index contributed by atoms with van der Waals surface area (Å²) in [5.41, 5.74) is 0.938. The summed E-state index contributed by atoms with van der Waals surface area (Å²) in [5.74, 6) is 0.979. The first-order valence-corrected chi connectivity index (χ1v) is 7.31. The first kappa shape index (κ1) is 13.5. The summed E-state index contributed by atoms with van der Waals surface area (Å²) in [4.78, 5) is 4.30. The lowest BCUT2D eigenvalue weighted by atomic mass is 10.3. The SMILES string of the molecule is Fc1ccc(Oc2ccnc(CNC3CC3)c2)c(Br)c1. The van der Waals surface area contributed by atoms with E-state index in [-0.39, 0.29) is 5.82 Å². The van der Waals surface area contributed by atoms with Crippen molar-refractivity contribution in [3.05, 3.63) is 52.5 Å². The van der Waals surface area contributed by atoms with Gasteiger partial charge in [-0.1, -0.05) is 0 Å². The third kappa shape index (κ3) is 3.55. The summed E-state index contributed by atoms with van der Waals surface area (Å²) in [6, 6.07) is 8.68. The van der Waals surface area contributed by atoms with E-state index in [0.717, 1.165) is 12.2 Å². The zero-order valence-electron chi connectivity index (χ0n) is 10.8. The standard InChI is InChI=1S/C15H14BrFN2O/c16-14-7-10(17)1-4-15(14)20-13-5-6-18-12(8-13)9-19-11-2-3-11/h1,4-8,11,19H,2-3,9H2. The van der Waals surface area contributed by atoms with Crippen LogP contribution in [0.2, 0.25) is 0 Å². The van der Waals surface area contributed by atoms with Crippen molar-refractivity contribution < 1.29 is 9.13 Å². The van der Waals surface area contributed by atoms with Crippen molar-refractivity contribution in [1.29, 1.82) is 0 Å². The van der Waals surface area contributed by atoms with E-state index >= 15 is 0 Å². The summed E-state index contributed by atoms with van der Waals surface area (Å²) in [7, 11) is 0. The molecule has 1 aromatic carbocycles. The van der Waals surface area contributed by atoms with E-state index < -0.39 is 0 Å². The Labute approximate surface area is 125 Å². The van der Waals surface area contributed by atoms with Crippen LogP contribution in [-0.2, 0) is 6.54 Å². The molecule has 0 aliphatic heterocycles. The number of hydrogen-bond donors (Lipinski definition) is 1. The molecule has 20 heavy (non-hydrogen) atoms. The van der Waals surface area contributed by atoms with Gasteiger partial charge in [-0.05, 0) is 53.0 Å². The van der Waals surface area contributed by atoms with E-state index in [1.165, 1.54) is 25.0 Å². The topological polar surface area (TPSA) is 34.1 Å². The molecule has 3 rings (SSSR count). The highest BCUT2D eigenvalue weighted by Crippen LogP contribution is 2.30. The molecule has 0 radical (unpaired) electrons. The molecule has 0 unspecified atom stereocenters. The second kappa shape index (κ2) is 5.89. The van der Waals surface area contributed by atoms with E-state index in [2.05, 4.69) is 26.2 Å². The predicted octanol–water partition coefficient (Wildman–Crippen LogP) is 4.03. The van der Waals surface area contributed by atoms with Gasteiger partial charge >= 0.3 is 0 Å². The lowest BCUT2D eigenvalue weighted by molar-refractivity contribution is 0.475. The molecule has 0 bridgehead atoms. The highest BCUT2D eigenvalue weighted by atomic mass is 79.9. The van der Waals surface area contributed by atoms with Crippen LogP contribution in [0.25, 0.3) is 0 Å². The molecule has 0 amide bonds. The van der Waals surface area contributed by atoms with Crippen molar-refractivity contribution >= 4 is 15.9 Å². The van der Waals surface area contributed by atoms with Gasteiger partial charge in [-0.3, -0.25) is 4.98 Å². The summed E-state index contributed by atoms with van der Waals surface area (Å²) in [6.07, 6.45) is 4.22. The number of nitrogens with zero attached hydrogens (tertiary/aromatic N) is 1. The molecule has 0 saturated heterocycles. The highest BCUT2D eigenvalue weighted by molar-refractivity contribution is 9.10. The van der Waals surface area contributed by atoms with Gasteiger partial charge in [0.2, 0.25) is 0 Å². The van der Waals surface area contributed by atoms with Gasteiger partial charge in [-0.25, -0.2) is 4.39 Å². The highest BCUT2D eigenvalue weighted by Gasteiger charge is 2.20. The minimum Gasteiger partial charge on any atom is -0.456 e. The quantitative estimate of drug-likeness (QED) is 0.895. The number of nitrogens with one attached hydrogen (secondary N) is 1. The van der Waals surface area contributed by atoms with E-state index in [9.17, 15) is 4.39 Å². The van der Waals surface area contributed by atoms with Crippen LogP contribution in [0.3, 0.4) is 0 Å². The fourth-order valence-electron chi connectivity index (χ4n) is 1.84. The lowest BCUT2D eigenvalue weighted by Gasteiger charge is -2.09. The molecule has 1 saturated carbocycles. The van der Waals surface area contributed by atoms with Crippen molar-refractivity contribution in [3.63, 3.8) is 0 Å². The Kier molecular flexibility index (Phi) is 3.98. The third-order valence-electron chi connectivity index (χ3n) is 3.06. The number of hydrogen-bond acceptors (Lipinski definition) is 3. The van der Waals surface area contributed by atoms with E-state index in [4.69, 9.17) is 4.74 Å². The molecule has 2 aromatic rings. The Balaban J connectivity index is 1.70. The lowest BCUT2D eigenvalue weighted by Crippen LogP contribution is -2.16. The van der Waals surface area contributed by atoms with Crippen LogP contribution < -0.4 is 10.1 Å². The maximum Gasteiger partial charge on any atom is 0.141 e. The van der Waals surface area contributed by atoms with Gasteiger partial charge in [0.05, 0.1) is 10.2 Å². The normalized spacial score (nSPS) is 14.3. The maximum absolute atomic E-state index is 13.0. The number of ether oxygens (including phenoxy) is 1. The van der Waals surface area contributed by atoms with Gasteiger partial charge in [-0.15, -0.1) is 0 Å². The molecule has 1 aliphatic rings. The molecule has 1 aromatic heterocycles. The Bertz CT molecular complexity index is 617. The van der Waals surface area contributed by atoms with Gasteiger partial charge in [0.1, 0.15) is 17.3 Å². The molecule has 1 aliphatic carbocycles. The molecular formula is C15H14BrFN2O. The van der Waals surface area contributed by atoms with E-state index in [1.807, 2.05) is 6.07 Å². The van der Waals surface area contributed by atoms with Crippen molar-refractivity contribution in [3.8, 4) is 11.5 Å². The second-order valence-corrected chi connectivity index (χ2v) is 5.67. The molecule has 5 heteroatoms. The summed E-state index contributed by atoms with van der Waals surface area (Å²) in [6.45, 7) is 0.743. The largest absolute Gasteiger partial charge is 0.456 e. The number of pyridine rings is 1. The van der Waals surface area contributed by atoms with Crippen LogP contribution >= 0.6 is 15.9 Å². The van der Waals surface area contributed by atoms with Crippen LogP contribution in [0.1, 0.15) is 18.5 Å². The first-order valence-electron chi connectivity index (χ1n) is 6.52. The molecule has 0 atom stereocenters. The fraction of sp³-hybridized carbons (Fsp3) is 0.267. The Morgan fingerprint density at radius 2 is 2.15 bits per heavy atom. The van der Waals surface area contributed by atoms with Crippen LogP contribution in [0.4, 0.5) is 4.39 Å². The van der Waals surface area contributed by atoms with Gasteiger partial charge in [0.25, 0.3) is 0 Å². The molecule has 0 spiro atoms. The zero-order chi connectivity index (χ0) is 13.9. The van der Waals surface area contributed by atoms with Crippen molar-refractivity contribution in [2.45, 2.75) is 25.4 Å². The van der Waals surface area contributed by atoms with Crippen LogP contribution in [-0.4, -0.2) is 11.0 Å². The smallest absolute Gasteiger partial charge is 0.141 e. The molecule has 1 N–H and O–H groups in total. The molecule has 3 nitrogen and oxygen atoms in total. The summed E-state index contributed by atoms with van der Waals surface area (Å²) >= 11 is 3.29. The van der Waals surface area contributed by atoms with Crippen LogP contribution in [0, 0.1) is 5.82 Å². The van der Waals surface area contributed by atoms with E-state index in [1.54, 1.807) is 18.3 Å². The number of aromatic nitrogens is 1. The summed E-state index contributed by atoms with van der Waals surface area (Å²) in [5, 5.41) is 3.41. The number of benzene rings is 1. The van der Waals surface area contributed by atoms with Gasteiger partial charge in [0, 0.05) is 24.8 Å². The van der Waals surface area contributed by atoms with Crippen LogP contribution in [0.15, 0.2) is 41.0 Å². The second-order valence-electron chi connectivity index (χ2n) is 4.81. The average Bonchev–Trinajstić information content (AvgIpc) is 3.24. The van der Waals surface area contributed by atoms with E-state index in [0.29, 0.717) is 22.0 Å². The maximum atomic E-state index is 13.0. The van der Waals surface area contributed by atoms with Gasteiger partial charge in [-0.2, -0.15) is 0 Å². The third-order valence-corrected chi connectivity index (χ3v) is 3.68.